The summed E-state index contributed by atoms with van der Waals surface area (Å²) in [4.78, 5) is 0. The molecule has 17 nitrogen and oxygen atoms in total. The van der Waals surface area contributed by atoms with E-state index < -0.39 is 111 Å². The Balaban J connectivity index is 0.866. The SMILES string of the molecule is CC1CC[C@@]2(OC1)O[C@H]1C[C@H]3[C@@H]4CC[C@H]5C[C@@H](O[C@@H]6O[C@H](CO[C@@H]7O[C@@H](C)[C@H](O)[C@@H](O)[C@H]7O)[C@@H](O[C@@H]7O[C@H](CO)[C@@H](O)[C@H](O)[C@H]7O)[C@H](O)[C@H]6O)CC[C@]5(C)[C@H]4CC[C@]3(C)[C@H]1[C@@H]2C. The number of fused-ring (bicyclic) bond motifs is 7. The average molecular weight is 887 g/mol. The Bertz CT molecular complexity index is 1550. The van der Waals surface area contributed by atoms with Gasteiger partial charge in [-0.1, -0.05) is 27.7 Å². The topological polar surface area (TPSA) is 256 Å². The summed E-state index contributed by atoms with van der Waals surface area (Å²) in [6.07, 6.45) is -12.3. The largest absolute Gasteiger partial charge is 0.394 e. The van der Waals surface area contributed by atoms with Gasteiger partial charge in [-0.25, -0.2) is 0 Å². The van der Waals surface area contributed by atoms with Crippen molar-refractivity contribution in [1.82, 2.24) is 0 Å². The zero-order valence-corrected chi connectivity index (χ0v) is 36.8. The van der Waals surface area contributed by atoms with E-state index in [1.165, 1.54) is 19.8 Å². The molecule has 27 atom stereocenters. The van der Waals surface area contributed by atoms with Crippen LogP contribution in [0.2, 0.25) is 0 Å². The lowest BCUT2D eigenvalue weighted by atomic mass is 9.44. The molecule has 356 valence electrons. The van der Waals surface area contributed by atoms with Crippen molar-refractivity contribution in [1.29, 1.82) is 0 Å². The Morgan fingerprint density at radius 1 is 0.613 bits per heavy atom. The second-order valence-electron chi connectivity index (χ2n) is 21.5. The molecule has 5 saturated heterocycles. The maximum atomic E-state index is 11.6. The Hall–Kier alpha value is -0.680. The first-order valence-electron chi connectivity index (χ1n) is 23.7. The average Bonchev–Trinajstić information content (AvgIpc) is 3.70. The third-order valence-electron chi connectivity index (χ3n) is 18.2. The molecule has 5 aliphatic heterocycles. The van der Waals surface area contributed by atoms with Crippen LogP contribution in [0, 0.1) is 52.3 Å². The first-order valence-corrected chi connectivity index (χ1v) is 23.7. The summed E-state index contributed by atoms with van der Waals surface area (Å²) < 4.78 is 49.4. The highest BCUT2D eigenvalue weighted by Crippen LogP contribution is 2.71. The third kappa shape index (κ3) is 7.66. The Labute approximate surface area is 364 Å². The lowest BCUT2D eigenvalue weighted by Gasteiger charge is -2.61. The van der Waals surface area contributed by atoms with Crippen LogP contribution >= 0.6 is 0 Å². The molecule has 5 heterocycles. The summed E-state index contributed by atoms with van der Waals surface area (Å²) in [7, 11) is 0. The number of ether oxygens (including phenoxy) is 8. The molecule has 9 rings (SSSR count). The van der Waals surface area contributed by atoms with Crippen LogP contribution in [0.5, 0.6) is 0 Å². The second kappa shape index (κ2) is 17.4. The predicted molar refractivity (Wildman–Crippen MR) is 214 cm³/mol. The van der Waals surface area contributed by atoms with Crippen molar-refractivity contribution < 1.29 is 83.9 Å². The van der Waals surface area contributed by atoms with Crippen LogP contribution in [0.15, 0.2) is 0 Å². The standard InChI is InChI=1S/C45H74O17/c1-19-8-13-45(56-17-19)20(2)30-27(62-45)15-26-24-7-6-22-14-23(9-11-43(22,4)25(24)10-12-44(26,30)5)58-41-38(54)35(51)39(61-42-37(53)34(50)32(48)28(16-46)59-42)29(60-41)18-55-40-36(52)33(49)31(47)21(3)57-40/h19-42,46-54H,6-18H2,1-5H3/t19?,20-,21-,22-,23-,24+,25-,26-,27-,28+,29+,30-,31-,32+,33+,34-,35+,36+,37+,38+,39+,40+,41+,42-,43-,44-,45+/m0/s1. The zero-order valence-electron chi connectivity index (χ0n) is 36.8. The van der Waals surface area contributed by atoms with Crippen LogP contribution < -0.4 is 0 Å². The first-order chi connectivity index (χ1) is 29.4. The minimum Gasteiger partial charge on any atom is -0.394 e. The van der Waals surface area contributed by atoms with Crippen LogP contribution in [-0.2, 0) is 37.9 Å². The highest BCUT2D eigenvalue weighted by Gasteiger charge is 2.69. The van der Waals surface area contributed by atoms with E-state index in [2.05, 4.69) is 27.7 Å². The van der Waals surface area contributed by atoms with Crippen LogP contribution in [0.4, 0.5) is 0 Å². The van der Waals surface area contributed by atoms with Crippen LogP contribution in [0.1, 0.15) is 98.8 Å². The van der Waals surface area contributed by atoms with Gasteiger partial charge >= 0.3 is 0 Å². The van der Waals surface area contributed by atoms with E-state index in [-0.39, 0.29) is 23.0 Å². The van der Waals surface area contributed by atoms with Gasteiger partial charge in [0, 0.05) is 12.3 Å². The van der Waals surface area contributed by atoms with E-state index in [0.29, 0.717) is 41.4 Å². The van der Waals surface area contributed by atoms with Crippen molar-refractivity contribution in [2.24, 2.45) is 52.3 Å². The molecule has 1 spiro atoms. The summed E-state index contributed by atoms with van der Waals surface area (Å²) >= 11 is 0. The van der Waals surface area contributed by atoms with Crippen molar-refractivity contribution >= 4 is 0 Å². The van der Waals surface area contributed by atoms with E-state index in [1.807, 2.05) is 0 Å². The van der Waals surface area contributed by atoms with Crippen molar-refractivity contribution in [3.63, 3.8) is 0 Å². The van der Waals surface area contributed by atoms with E-state index in [1.54, 1.807) is 0 Å². The Morgan fingerprint density at radius 2 is 1.29 bits per heavy atom. The molecule has 9 aliphatic rings. The molecule has 4 saturated carbocycles. The minimum atomic E-state index is -1.81. The van der Waals surface area contributed by atoms with Crippen LogP contribution in [0.25, 0.3) is 0 Å². The fraction of sp³-hybridized carbons (Fsp3) is 1.00. The summed E-state index contributed by atoms with van der Waals surface area (Å²) in [6.45, 7) is 10.8. The van der Waals surface area contributed by atoms with E-state index in [9.17, 15) is 46.0 Å². The molecule has 9 fully saturated rings. The lowest BCUT2D eigenvalue weighted by molar-refractivity contribution is -0.371. The quantitative estimate of drug-likeness (QED) is 0.149. The van der Waals surface area contributed by atoms with Crippen LogP contribution in [0.3, 0.4) is 0 Å². The summed E-state index contributed by atoms with van der Waals surface area (Å²) in [5, 5.41) is 95.7. The molecule has 0 aromatic carbocycles. The molecule has 0 aromatic rings. The molecule has 0 aromatic heterocycles. The highest BCUT2D eigenvalue weighted by atomic mass is 16.8. The first kappa shape index (κ1) is 46.4. The molecule has 1 unspecified atom stereocenters. The molecule has 62 heavy (non-hydrogen) atoms. The van der Waals surface area contributed by atoms with Crippen molar-refractivity contribution in [3.05, 3.63) is 0 Å². The van der Waals surface area contributed by atoms with Gasteiger partial charge in [-0.15, -0.1) is 0 Å². The monoisotopic (exact) mass is 886 g/mol. The minimum absolute atomic E-state index is 0.125. The Morgan fingerprint density at radius 3 is 2.02 bits per heavy atom. The molecule has 9 N–H and O–H groups in total. The second-order valence-corrected chi connectivity index (χ2v) is 21.5. The molecule has 17 heteroatoms. The van der Waals surface area contributed by atoms with Crippen LogP contribution in [-0.4, -0.2) is 176 Å². The van der Waals surface area contributed by atoms with Crippen molar-refractivity contribution in [3.8, 4) is 0 Å². The molecule has 0 radical (unpaired) electrons. The zero-order chi connectivity index (χ0) is 44.2. The molecule has 0 amide bonds. The van der Waals surface area contributed by atoms with Gasteiger partial charge < -0.3 is 83.9 Å². The number of aliphatic hydroxyl groups excluding tert-OH is 9. The van der Waals surface area contributed by atoms with E-state index >= 15 is 0 Å². The normalized spacial score (nSPS) is 58.9. The van der Waals surface area contributed by atoms with Gasteiger partial charge in [0.05, 0.1) is 38.1 Å². The summed E-state index contributed by atoms with van der Waals surface area (Å²) in [6, 6.07) is 0. The molecule has 4 aliphatic carbocycles. The van der Waals surface area contributed by atoms with Crippen molar-refractivity contribution in [2.45, 2.75) is 209 Å². The van der Waals surface area contributed by atoms with E-state index in [4.69, 9.17) is 37.9 Å². The van der Waals surface area contributed by atoms with Gasteiger partial charge in [-0.05, 0) is 111 Å². The lowest BCUT2D eigenvalue weighted by Crippen LogP contribution is -2.65. The number of aliphatic hydroxyl groups is 9. The van der Waals surface area contributed by atoms with Gasteiger partial charge in [-0.3, -0.25) is 0 Å². The fourth-order valence-electron chi connectivity index (χ4n) is 14.5. The third-order valence-corrected chi connectivity index (χ3v) is 18.2. The summed E-state index contributed by atoms with van der Waals surface area (Å²) in [5.41, 5.74) is 0.353. The number of rotatable bonds is 8. The smallest absolute Gasteiger partial charge is 0.187 e. The number of hydrogen-bond acceptors (Lipinski definition) is 17. The maximum absolute atomic E-state index is 11.6. The maximum Gasteiger partial charge on any atom is 0.187 e. The number of hydrogen-bond donors (Lipinski definition) is 9. The van der Waals surface area contributed by atoms with E-state index in [0.717, 1.165) is 58.0 Å². The molecule has 0 bridgehead atoms. The van der Waals surface area contributed by atoms with Gasteiger partial charge in [0.15, 0.2) is 24.7 Å². The fourth-order valence-corrected chi connectivity index (χ4v) is 14.5. The van der Waals surface area contributed by atoms with Gasteiger partial charge in [0.25, 0.3) is 0 Å². The van der Waals surface area contributed by atoms with Gasteiger partial charge in [0.1, 0.15) is 67.1 Å². The predicted octanol–water partition coefficient (Wildman–Crippen LogP) is 0.294. The Kier molecular flexibility index (Phi) is 13.1. The molecular formula is C45H74O17. The van der Waals surface area contributed by atoms with Gasteiger partial charge in [0.2, 0.25) is 0 Å². The summed E-state index contributed by atoms with van der Waals surface area (Å²) in [5.74, 6) is 3.27. The highest BCUT2D eigenvalue weighted by molar-refractivity contribution is 5.15. The van der Waals surface area contributed by atoms with Gasteiger partial charge in [-0.2, -0.15) is 0 Å². The molecular weight excluding hydrogens is 812 g/mol. The van der Waals surface area contributed by atoms with Crippen molar-refractivity contribution in [2.75, 3.05) is 19.8 Å².